The maximum Gasteiger partial charge on any atom is 0.338 e. The monoisotopic (exact) mass is 879 g/mol. The summed E-state index contributed by atoms with van der Waals surface area (Å²) in [5.74, 6) is 0.745. The number of anilines is 2. The number of azo groups is 2. The molecule has 0 aliphatic rings. The second kappa shape index (κ2) is 25.6. The highest BCUT2D eigenvalue weighted by Crippen LogP contribution is 2.23. The standard InChI is InChI=1S/C51H49N11O4/c1-2-37-11-17-40(18-12-37)47-56-50(54-31-7-3-5-9-33-65-48(63)41-19-27-45(28-20-41)61-59-43-23-13-38(35-52)14-24-43)58-51(57-47)55-32-8-4-6-10-34-66-49(64)42-21-29-46(30-22-42)62-60-44-25-15-39(36-53)16-26-44/h2,11-30H,1,3-10,31-34H2,(H2,54,55,56,57,58). The van der Waals surface area contributed by atoms with Gasteiger partial charge >= 0.3 is 11.9 Å². The van der Waals surface area contributed by atoms with E-state index in [0.29, 0.717) is 89.0 Å². The zero-order valence-electron chi connectivity index (χ0n) is 36.5. The first-order valence-electron chi connectivity index (χ1n) is 21.7. The Bertz CT molecular complexity index is 2500. The van der Waals surface area contributed by atoms with Crippen molar-refractivity contribution in [2.75, 3.05) is 36.9 Å². The number of hydrogen-bond donors (Lipinski definition) is 2. The molecule has 0 saturated heterocycles. The SMILES string of the molecule is C=Cc1ccc(-c2nc(NCCCCCCOC(=O)c3ccc(N=Nc4ccc(C#N)cc4)cc3)nc(NCCCCCCOC(=O)c3ccc(N=Nc4ccc(C#N)cc4)cc3)n2)cc1. The summed E-state index contributed by atoms with van der Waals surface area (Å²) in [5.41, 5.74) is 6.29. The van der Waals surface area contributed by atoms with E-state index < -0.39 is 0 Å². The molecule has 0 radical (unpaired) electrons. The number of carbonyl (C=O) groups is 2. The molecule has 0 bridgehead atoms. The van der Waals surface area contributed by atoms with Crippen LogP contribution < -0.4 is 10.6 Å². The molecule has 2 N–H and O–H groups in total. The molecular formula is C51H49N11O4. The topological polar surface area (TPSA) is 212 Å². The molecular weight excluding hydrogens is 831 g/mol. The molecule has 15 nitrogen and oxygen atoms in total. The highest BCUT2D eigenvalue weighted by molar-refractivity contribution is 5.90. The number of rotatable bonds is 24. The summed E-state index contributed by atoms with van der Waals surface area (Å²) in [5, 5.41) is 41.3. The lowest BCUT2D eigenvalue weighted by Crippen LogP contribution is -2.12. The van der Waals surface area contributed by atoms with Crippen LogP contribution in [0.2, 0.25) is 0 Å². The molecule has 6 aromatic rings. The minimum absolute atomic E-state index is 0.325. The number of unbranched alkanes of at least 4 members (excludes halogenated alkanes) is 6. The third-order valence-corrected chi connectivity index (χ3v) is 9.98. The lowest BCUT2D eigenvalue weighted by atomic mass is 10.1. The number of carbonyl (C=O) groups excluding carboxylic acids is 2. The van der Waals surface area contributed by atoms with Crippen LogP contribution in [-0.2, 0) is 9.47 Å². The third-order valence-electron chi connectivity index (χ3n) is 9.98. The minimum Gasteiger partial charge on any atom is -0.462 e. The number of aromatic nitrogens is 3. The highest BCUT2D eigenvalue weighted by atomic mass is 16.5. The number of benzene rings is 5. The molecule has 1 aromatic heterocycles. The van der Waals surface area contributed by atoms with Gasteiger partial charge in [-0.05, 0) is 141 Å². The van der Waals surface area contributed by atoms with Crippen LogP contribution in [-0.4, -0.2) is 53.2 Å². The fourth-order valence-corrected chi connectivity index (χ4v) is 6.25. The number of ether oxygens (including phenoxy) is 2. The number of esters is 2. The fourth-order valence-electron chi connectivity index (χ4n) is 6.25. The molecule has 0 spiro atoms. The summed E-state index contributed by atoms with van der Waals surface area (Å²) in [4.78, 5) is 39.2. The van der Waals surface area contributed by atoms with Crippen molar-refractivity contribution in [2.24, 2.45) is 20.5 Å². The van der Waals surface area contributed by atoms with Crippen molar-refractivity contribution in [2.45, 2.75) is 51.4 Å². The zero-order chi connectivity index (χ0) is 46.2. The van der Waals surface area contributed by atoms with Gasteiger partial charge in [-0.15, -0.1) is 0 Å². The first-order valence-corrected chi connectivity index (χ1v) is 21.7. The van der Waals surface area contributed by atoms with Gasteiger partial charge < -0.3 is 20.1 Å². The third kappa shape index (κ3) is 15.4. The van der Waals surface area contributed by atoms with Crippen LogP contribution >= 0.6 is 0 Å². The van der Waals surface area contributed by atoms with Crippen molar-refractivity contribution in [1.82, 2.24) is 15.0 Å². The largest absolute Gasteiger partial charge is 0.462 e. The summed E-state index contributed by atoms with van der Waals surface area (Å²) in [6, 6.07) is 39.1. The molecule has 15 heteroatoms. The molecule has 5 aromatic carbocycles. The zero-order valence-corrected chi connectivity index (χ0v) is 36.5. The first-order chi connectivity index (χ1) is 32.4. The van der Waals surface area contributed by atoms with E-state index in [9.17, 15) is 9.59 Å². The van der Waals surface area contributed by atoms with Crippen molar-refractivity contribution in [1.29, 1.82) is 10.5 Å². The van der Waals surface area contributed by atoms with Gasteiger partial charge in [-0.2, -0.15) is 45.9 Å². The molecule has 0 atom stereocenters. The molecule has 0 aliphatic carbocycles. The Kier molecular flexibility index (Phi) is 18.3. The van der Waals surface area contributed by atoms with Crippen molar-refractivity contribution >= 4 is 52.7 Å². The first kappa shape index (κ1) is 47.1. The van der Waals surface area contributed by atoms with Crippen molar-refractivity contribution in [3.05, 3.63) is 156 Å². The maximum absolute atomic E-state index is 12.6. The molecule has 0 unspecified atom stereocenters. The molecule has 0 aliphatic heterocycles. The normalized spacial score (nSPS) is 10.9. The number of nitrogens with zero attached hydrogens (tertiary/aromatic N) is 9. The summed E-state index contributed by atoms with van der Waals surface area (Å²) < 4.78 is 11.0. The summed E-state index contributed by atoms with van der Waals surface area (Å²) in [7, 11) is 0. The van der Waals surface area contributed by atoms with Crippen LogP contribution in [0.25, 0.3) is 17.5 Å². The lowest BCUT2D eigenvalue weighted by molar-refractivity contribution is 0.0488. The average Bonchev–Trinajstić information content (AvgIpc) is 3.37. The Balaban J connectivity index is 0.864. The average molecular weight is 880 g/mol. The number of nitrogens with one attached hydrogen (secondary N) is 2. The van der Waals surface area contributed by atoms with E-state index in [0.717, 1.165) is 62.5 Å². The summed E-state index contributed by atoms with van der Waals surface area (Å²) >= 11 is 0. The van der Waals surface area contributed by atoms with Gasteiger partial charge in [-0.3, -0.25) is 0 Å². The van der Waals surface area contributed by atoms with Gasteiger partial charge in [0, 0.05) is 18.7 Å². The minimum atomic E-state index is -0.386. The van der Waals surface area contributed by atoms with Gasteiger partial charge in [0.1, 0.15) is 0 Å². The van der Waals surface area contributed by atoms with Crippen LogP contribution in [0.4, 0.5) is 34.6 Å². The summed E-state index contributed by atoms with van der Waals surface area (Å²) in [6.45, 7) is 5.82. The lowest BCUT2D eigenvalue weighted by Gasteiger charge is -2.11. The van der Waals surface area contributed by atoms with E-state index in [-0.39, 0.29) is 11.9 Å². The van der Waals surface area contributed by atoms with E-state index in [4.69, 9.17) is 30.0 Å². The fraction of sp³-hybridized carbons (Fsp3) is 0.235. The Labute approximate surface area is 384 Å². The molecule has 1 heterocycles. The number of nitriles is 2. The van der Waals surface area contributed by atoms with Gasteiger partial charge in [0.15, 0.2) is 5.82 Å². The van der Waals surface area contributed by atoms with E-state index in [1.807, 2.05) is 24.3 Å². The molecule has 0 saturated carbocycles. The van der Waals surface area contributed by atoms with Crippen LogP contribution in [0, 0.1) is 22.7 Å². The second-order valence-corrected chi connectivity index (χ2v) is 14.9. The van der Waals surface area contributed by atoms with E-state index in [1.54, 1.807) is 103 Å². The smallest absolute Gasteiger partial charge is 0.338 e. The Morgan fingerprint density at radius 2 is 0.894 bits per heavy atom. The molecule has 6 rings (SSSR count). The highest BCUT2D eigenvalue weighted by Gasteiger charge is 2.11. The van der Waals surface area contributed by atoms with Crippen molar-refractivity contribution in [3.63, 3.8) is 0 Å². The molecule has 0 amide bonds. The van der Waals surface area contributed by atoms with Crippen LogP contribution in [0.15, 0.2) is 148 Å². The predicted octanol–water partition coefficient (Wildman–Crippen LogP) is 12.4. The van der Waals surface area contributed by atoms with E-state index in [1.165, 1.54) is 0 Å². The Hall–Kier alpha value is -8.43. The second-order valence-electron chi connectivity index (χ2n) is 14.9. The van der Waals surface area contributed by atoms with Gasteiger partial charge in [0.05, 0.1) is 70.4 Å². The molecule has 66 heavy (non-hydrogen) atoms. The van der Waals surface area contributed by atoms with E-state index in [2.05, 4.69) is 54.8 Å². The molecule has 332 valence electrons. The maximum atomic E-state index is 12.6. The van der Waals surface area contributed by atoms with Crippen LogP contribution in [0.1, 0.15) is 88.8 Å². The Morgan fingerprint density at radius 1 is 0.515 bits per heavy atom. The van der Waals surface area contributed by atoms with Gasteiger partial charge in [-0.1, -0.05) is 49.8 Å². The quantitative estimate of drug-likeness (QED) is 0.0331. The van der Waals surface area contributed by atoms with E-state index >= 15 is 0 Å². The van der Waals surface area contributed by atoms with Crippen molar-refractivity contribution < 1.29 is 19.1 Å². The van der Waals surface area contributed by atoms with Gasteiger partial charge in [-0.25, -0.2) is 9.59 Å². The molecule has 0 fully saturated rings. The summed E-state index contributed by atoms with van der Waals surface area (Å²) in [6.07, 6.45) is 8.66. The number of hydrogen-bond acceptors (Lipinski definition) is 15. The van der Waals surface area contributed by atoms with Crippen molar-refractivity contribution in [3.8, 4) is 23.5 Å². The predicted molar refractivity (Wildman–Crippen MR) is 253 cm³/mol. The Morgan fingerprint density at radius 3 is 1.27 bits per heavy atom. The van der Waals surface area contributed by atoms with Crippen LogP contribution in [0.5, 0.6) is 0 Å². The van der Waals surface area contributed by atoms with Crippen LogP contribution in [0.3, 0.4) is 0 Å². The van der Waals surface area contributed by atoms with Gasteiger partial charge in [0.25, 0.3) is 0 Å². The van der Waals surface area contributed by atoms with Gasteiger partial charge in [0.2, 0.25) is 11.9 Å².